The zero-order valence-corrected chi connectivity index (χ0v) is 18.2. The lowest BCUT2D eigenvalue weighted by Crippen LogP contribution is -2.39. The fourth-order valence-corrected chi connectivity index (χ4v) is 4.58. The van der Waals surface area contributed by atoms with E-state index in [1.165, 1.54) is 6.20 Å². The Hall–Kier alpha value is -3.62. The van der Waals surface area contributed by atoms with Gasteiger partial charge in [0.15, 0.2) is 5.65 Å². The fourth-order valence-electron chi connectivity index (χ4n) is 4.58. The maximum atomic E-state index is 13.2. The first kappa shape index (κ1) is 20.3. The van der Waals surface area contributed by atoms with Crippen LogP contribution in [0, 0.1) is 5.92 Å². The smallest absolute Gasteiger partial charge is 0.261 e. The summed E-state index contributed by atoms with van der Waals surface area (Å²) in [5.41, 5.74) is 8.75. The average Bonchev–Trinajstić information content (AvgIpc) is 3.32. The third-order valence-electron chi connectivity index (χ3n) is 6.19. The highest BCUT2D eigenvalue weighted by molar-refractivity contribution is 6.09. The number of amides is 2. The summed E-state index contributed by atoms with van der Waals surface area (Å²) in [5, 5.41) is 7.29. The summed E-state index contributed by atoms with van der Waals surface area (Å²) in [6, 6.07) is 5.76. The third kappa shape index (κ3) is 3.63. The van der Waals surface area contributed by atoms with Crippen LogP contribution < -0.4 is 20.7 Å². The van der Waals surface area contributed by atoms with Gasteiger partial charge >= 0.3 is 0 Å². The topological polar surface area (TPSA) is 115 Å². The monoisotopic (exact) mass is 434 g/mol. The Labute approximate surface area is 185 Å². The summed E-state index contributed by atoms with van der Waals surface area (Å²) in [6.45, 7) is 5.45. The third-order valence-corrected chi connectivity index (χ3v) is 6.19. The molecule has 2 aliphatic heterocycles. The number of nitrogens with zero attached hydrogens (tertiary/aromatic N) is 4. The Morgan fingerprint density at radius 3 is 2.78 bits per heavy atom. The number of benzene rings is 1. The first-order valence-corrected chi connectivity index (χ1v) is 10.8. The number of carbonyl (C=O) groups is 2. The van der Waals surface area contributed by atoms with Crippen LogP contribution in [0.25, 0.3) is 5.65 Å². The predicted octanol–water partition coefficient (Wildman–Crippen LogP) is 2.40. The molecular formula is C23H26N6O3. The van der Waals surface area contributed by atoms with E-state index in [1.54, 1.807) is 23.0 Å². The number of piperidine rings is 1. The van der Waals surface area contributed by atoms with Crippen LogP contribution in [0.2, 0.25) is 0 Å². The first-order valence-electron chi connectivity index (χ1n) is 10.8. The molecule has 2 aliphatic rings. The minimum absolute atomic E-state index is 0.112. The van der Waals surface area contributed by atoms with Gasteiger partial charge < -0.3 is 20.7 Å². The number of primary amides is 1. The van der Waals surface area contributed by atoms with Crippen LogP contribution in [-0.4, -0.2) is 45.1 Å². The molecule has 32 heavy (non-hydrogen) atoms. The van der Waals surface area contributed by atoms with E-state index < -0.39 is 0 Å². The highest BCUT2D eigenvalue weighted by Crippen LogP contribution is 2.42. The van der Waals surface area contributed by atoms with E-state index in [2.05, 4.69) is 20.3 Å². The number of ether oxygens (including phenoxy) is 1. The summed E-state index contributed by atoms with van der Waals surface area (Å²) < 4.78 is 7.71. The summed E-state index contributed by atoms with van der Waals surface area (Å²) in [4.78, 5) is 31.2. The van der Waals surface area contributed by atoms with Crippen molar-refractivity contribution in [2.24, 2.45) is 11.7 Å². The minimum Gasteiger partial charge on any atom is -0.487 e. The van der Waals surface area contributed by atoms with E-state index in [9.17, 15) is 9.59 Å². The van der Waals surface area contributed by atoms with Gasteiger partial charge in [0.2, 0.25) is 5.91 Å². The van der Waals surface area contributed by atoms with Gasteiger partial charge in [-0.15, -0.1) is 0 Å². The molecule has 0 bridgehead atoms. The number of aromatic nitrogens is 3. The number of anilines is 2. The SMILES string of the molecule is CC1(C)Cc2cc(NC(=O)c3cnn4cccnc34)c(N3CCC(C(N)=O)CC3)cc2O1. The van der Waals surface area contributed by atoms with Crippen molar-refractivity contribution in [3.63, 3.8) is 0 Å². The van der Waals surface area contributed by atoms with Gasteiger partial charge in [-0.25, -0.2) is 9.50 Å². The van der Waals surface area contributed by atoms with Crippen molar-refractivity contribution >= 4 is 28.8 Å². The Bertz CT molecular complexity index is 1210. The van der Waals surface area contributed by atoms with Crippen LogP contribution in [0.1, 0.15) is 42.6 Å². The molecule has 2 amide bonds. The normalized spacial score (nSPS) is 17.8. The Morgan fingerprint density at radius 2 is 2.03 bits per heavy atom. The molecule has 0 saturated carbocycles. The molecule has 5 rings (SSSR count). The van der Waals surface area contributed by atoms with Crippen molar-refractivity contribution < 1.29 is 14.3 Å². The van der Waals surface area contributed by atoms with Gasteiger partial charge in [0.25, 0.3) is 5.91 Å². The quantitative estimate of drug-likeness (QED) is 0.652. The summed E-state index contributed by atoms with van der Waals surface area (Å²) >= 11 is 0. The number of carbonyl (C=O) groups excluding carboxylic acids is 2. The van der Waals surface area contributed by atoms with Crippen LogP contribution in [-0.2, 0) is 11.2 Å². The summed E-state index contributed by atoms with van der Waals surface area (Å²) in [7, 11) is 0. The van der Waals surface area contributed by atoms with E-state index in [4.69, 9.17) is 10.5 Å². The number of hydrogen-bond acceptors (Lipinski definition) is 6. The number of nitrogens with one attached hydrogen (secondary N) is 1. The van der Waals surface area contributed by atoms with Crippen molar-refractivity contribution in [3.8, 4) is 5.75 Å². The summed E-state index contributed by atoms with van der Waals surface area (Å²) in [5.74, 6) is 0.194. The van der Waals surface area contributed by atoms with Crippen molar-refractivity contribution in [1.29, 1.82) is 0 Å². The molecule has 0 spiro atoms. The lowest BCUT2D eigenvalue weighted by Gasteiger charge is -2.34. The van der Waals surface area contributed by atoms with Crippen molar-refractivity contribution in [2.75, 3.05) is 23.3 Å². The van der Waals surface area contributed by atoms with Gasteiger partial charge in [-0.05, 0) is 38.8 Å². The molecule has 166 valence electrons. The zero-order valence-electron chi connectivity index (χ0n) is 18.2. The number of rotatable bonds is 4. The lowest BCUT2D eigenvalue weighted by molar-refractivity contribution is -0.122. The molecule has 0 atom stereocenters. The molecule has 0 aliphatic carbocycles. The second-order valence-corrected chi connectivity index (χ2v) is 9.08. The molecule has 3 aromatic rings. The van der Waals surface area contributed by atoms with Gasteiger partial charge in [0.05, 0.1) is 17.6 Å². The van der Waals surface area contributed by atoms with Gasteiger partial charge in [-0.3, -0.25) is 9.59 Å². The highest BCUT2D eigenvalue weighted by Gasteiger charge is 2.33. The van der Waals surface area contributed by atoms with Crippen LogP contribution in [0.3, 0.4) is 0 Å². The van der Waals surface area contributed by atoms with Crippen molar-refractivity contribution in [1.82, 2.24) is 14.6 Å². The van der Waals surface area contributed by atoms with E-state index in [-0.39, 0.29) is 23.3 Å². The van der Waals surface area contributed by atoms with E-state index >= 15 is 0 Å². The molecule has 1 fully saturated rings. The molecule has 3 N–H and O–H groups in total. The van der Waals surface area contributed by atoms with Crippen LogP contribution in [0.4, 0.5) is 11.4 Å². The van der Waals surface area contributed by atoms with E-state index in [0.717, 1.165) is 23.4 Å². The maximum absolute atomic E-state index is 13.2. The van der Waals surface area contributed by atoms with E-state index in [0.29, 0.717) is 42.8 Å². The average molecular weight is 435 g/mol. The molecule has 0 unspecified atom stereocenters. The second kappa shape index (κ2) is 7.51. The van der Waals surface area contributed by atoms with Gasteiger partial charge in [0.1, 0.15) is 16.9 Å². The summed E-state index contributed by atoms with van der Waals surface area (Å²) in [6.07, 6.45) is 7.04. The van der Waals surface area contributed by atoms with Gasteiger partial charge in [-0.1, -0.05) is 0 Å². The molecule has 9 nitrogen and oxygen atoms in total. The molecule has 9 heteroatoms. The Balaban J connectivity index is 1.48. The minimum atomic E-state index is -0.298. The number of hydrogen-bond donors (Lipinski definition) is 2. The van der Waals surface area contributed by atoms with E-state index in [1.807, 2.05) is 26.0 Å². The van der Waals surface area contributed by atoms with Crippen LogP contribution in [0.15, 0.2) is 36.8 Å². The van der Waals surface area contributed by atoms with Crippen molar-refractivity contribution in [2.45, 2.75) is 38.7 Å². The fraction of sp³-hybridized carbons (Fsp3) is 0.391. The van der Waals surface area contributed by atoms with Gasteiger partial charge in [-0.2, -0.15) is 5.10 Å². The molecule has 1 aromatic carbocycles. The first-order chi connectivity index (χ1) is 15.3. The Kier molecular flexibility index (Phi) is 4.76. The predicted molar refractivity (Wildman–Crippen MR) is 120 cm³/mol. The zero-order chi connectivity index (χ0) is 22.5. The molecular weight excluding hydrogens is 408 g/mol. The standard InChI is InChI=1S/C23H26N6O3/c1-23(2)12-15-10-17(27-22(31)16-13-26-29-7-3-6-25-21(16)29)18(11-19(15)32-23)28-8-4-14(5-9-28)20(24)30/h3,6-7,10-11,13-14H,4-5,8-9,12H2,1-2H3,(H2,24,30)(H,27,31). The number of fused-ring (bicyclic) bond motifs is 2. The van der Waals surface area contributed by atoms with Crippen LogP contribution in [0.5, 0.6) is 5.75 Å². The molecule has 2 aromatic heterocycles. The lowest BCUT2D eigenvalue weighted by atomic mass is 9.95. The largest absolute Gasteiger partial charge is 0.487 e. The number of nitrogens with two attached hydrogens (primary N) is 1. The highest BCUT2D eigenvalue weighted by atomic mass is 16.5. The second-order valence-electron chi connectivity index (χ2n) is 9.08. The maximum Gasteiger partial charge on any atom is 0.261 e. The Morgan fingerprint density at radius 1 is 1.25 bits per heavy atom. The molecule has 1 saturated heterocycles. The van der Waals surface area contributed by atoms with Crippen molar-refractivity contribution in [3.05, 3.63) is 47.9 Å². The van der Waals surface area contributed by atoms with Crippen LogP contribution >= 0.6 is 0 Å². The molecule has 0 radical (unpaired) electrons. The molecule has 4 heterocycles. The van der Waals surface area contributed by atoms with Gasteiger partial charge in [0, 0.05) is 49.5 Å².